The molecular formula is C12H13BrN2O2. The van der Waals surface area contributed by atoms with Gasteiger partial charge in [-0.05, 0) is 31.2 Å². The predicted octanol–water partition coefficient (Wildman–Crippen LogP) is 2.02. The molecule has 1 aromatic carbocycles. The Balaban J connectivity index is 2.40. The average molecular weight is 297 g/mol. The summed E-state index contributed by atoms with van der Waals surface area (Å²) in [7, 11) is 3.27. The highest BCUT2D eigenvalue weighted by Crippen LogP contribution is 2.31. The van der Waals surface area contributed by atoms with Gasteiger partial charge in [0.1, 0.15) is 10.1 Å². The number of ether oxygens (including phenoxy) is 1. The molecule has 0 aromatic heterocycles. The van der Waals surface area contributed by atoms with Crippen molar-refractivity contribution < 1.29 is 9.53 Å². The van der Waals surface area contributed by atoms with E-state index in [9.17, 15) is 4.79 Å². The summed E-state index contributed by atoms with van der Waals surface area (Å²) in [5.41, 5.74) is 1.62. The number of rotatable bonds is 2. The lowest BCUT2D eigenvalue weighted by atomic mass is 9.98. The van der Waals surface area contributed by atoms with Crippen molar-refractivity contribution in [2.24, 2.45) is 5.10 Å². The number of methoxy groups -OCH3 is 1. The first-order valence-corrected chi connectivity index (χ1v) is 5.96. The van der Waals surface area contributed by atoms with Crippen LogP contribution in [0.15, 0.2) is 29.4 Å². The molecule has 0 saturated carbocycles. The molecule has 2 rings (SSSR count). The van der Waals surface area contributed by atoms with Crippen molar-refractivity contribution in [3.05, 3.63) is 29.8 Å². The molecule has 0 saturated heterocycles. The van der Waals surface area contributed by atoms with Crippen LogP contribution < -0.4 is 4.74 Å². The van der Waals surface area contributed by atoms with Crippen molar-refractivity contribution in [1.82, 2.24) is 5.01 Å². The van der Waals surface area contributed by atoms with Crippen LogP contribution in [0, 0.1) is 0 Å². The Hall–Kier alpha value is -1.36. The monoisotopic (exact) mass is 296 g/mol. The SMILES string of the molecule is COc1ccc(C2=NN(C)C(=O)C2(C)Br)cc1. The zero-order chi connectivity index (χ0) is 12.6. The van der Waals surface area contributed by atoms with Crippen molar-refractivity contribution in [3.63, 3.8) is 0 Å². The van der Waals surface area contributed by atoms with E-state index in [-0.39, 0.29) is 5.91 Å². The topological polar surface area (TPSA) is 41.9 Å². The second kappa shape index (κ2) is 4.14. The van der Waals surface area contributed by atoms with Gasteiger partial charge < -0.3 is 4.74 Å². The number of carbonyl (C=O) groups is 1. The Morgan fingerprint density at radius 2 is 1.94 bits per heavy atom. The van der Waals surface area contributed by atoms with Gasteiger partial charge in [0.25, 0.3) is 5.91 Å². The zero-order valence-corrected chi connectivity index (χ0v) is 11.5. The lowest BCUT2D eigenvalue weighted by Crippen LogP contribution is -2.37. The Bertz CT molecular complexity index is 480. The van der Waals surface area contributed by atoms with Gasteiger partial charge in [0, 0.05) is 12.6 Å². The van der Waals surface area contributed by atoms with E-state index in [1.165, 1.54) is 5.01 Å². The molecule has 1 atom stereocenters. The maximum absolute atomic E-state index is 11.9. The molecule has 4 nitrogen and oxygen atoms in total. The van der Waals surface area contributed by atoms with Crippen LogP contribution in [0.4, 0.5) is 0 Å². The van der Waals surface area contributed by atoms with E-state index in [0.717, 1.165) is 11.3 Å². The summed E-state index contributed by atoms with van der Waals surface area (Å²) in [6, 6.07) is 7.49. The number of alkyl halides is 1. The predicted molar refractivity (Wildman–Crippen MR) is 69.6 cm³/mol. The molecule has 1 heterocycles. The van der Waals surface area contributed by atoms with Gasteiger partial charge in [0.05, 0.1) is 12.8 Å². The molecule has 0 bridgehead atoms. The van der Waals surface area contributed by atoms with Crippen molar-refractivity contribution in [3.8, 4) is 5.75 Å². The van der Waals surface area contributed by atoms with Crippen LogP contribution in [0.1, 0.15) is 12.5 Å². The molecule has 1 amide bonds. The second-order valence-electron chi connectivity index (χ2n) is 4.01. The fourth-order valence-corrected chi connectivity index (χ4v) is 2.34. The van der Waals surface area contributed by atoms with Gasteiger partial charge in [-0.2, -0.15) is 5.10 Å². The summed E-state index contributed by atoms with van der Waals surface area (Å²) in [6.45, 7) is 1.81. The quantitative estimate of drug-likeness (QED) is 0.784. The molecule has 1 aliphatic heterocycles. The first kappa shape index (κ1) is 12.1. The van der Waals surface area contributed by atoms with E-state index in [1.807, 2.05) is 31.2 Å². The molecule has 0 aliphatic carbocycles. The van der Waals surface area contributed by atoms with Crippen LogP contribution in [0.25, 0.3) is 0 Å². The molecule has 1 aromatic rings. The van der Waals surface area contributed by atoms with Gasteiger partial charge in [0.15, 0.2) is 0 Å². The number of carbonyl (C=O) groups excluding carboxylic acids is 1. The van der Waals surface area contributed by atoms with Crippen LogP contribution in [0.2, 0.25) is 0 Å². The molecule has 1 aliphatic rings. The Labute approximate surface area is 108 Å². The minimum Gasteiger partial charge on any atom is -0.497 e. The van der Waals surface area contributed by atoms with Crippen LogP contribution in [-0.4, -0.2) is 35.1 Å². The first-order valence-electron chi connectivity index (χ1n) is 5.17. The molecule has 0 spiro atoms. The zero-order valence-electron chi connectivity index (χ0n) is 9.90. The number of hydrogen-bond acceptors (Lipinski definition) is 3. The first-order chi connectivity index (χ1) is 7.96. The maximum Gasteiger partial charge on any atom is 0.265 e. The van der Waals surface area contributed by atoms with E-state index in [4.69, 9.17) is 4.74 Å². The normalized spacial score (nSPS) is 23.9. The van der Waals surface area contributed by atoms with Gasteiger partial charge in [-0.1, -0.05) is 15.9 Å². The van der Waals surface area contributed by atoms with Crippen LogP contribution in [-0.2, 0) is 4.79 Å². The minimum absolute atomic E-state index is 0.0664. The fourth-order valence-electron chi connectivity index (χ4n) is 1.77. The summed E-state index contributed by atoms with van der Waals surface area (Å²) < 4.78 is 4.34. The largest absolute Gasteiger partial charge is 0.497 e. The summed E-state index contributed by atoms with van der Waals surface area (Å²) in [5.74, 6) is 0.714. The summed E-state index contributed by atoms with van der Waals surface area (Å²) in [4.78, 5) is 11.9. The standard InChI is InChI=1S/C12H13BrN2O2/c1-12(13)10(14-15(2)11(12)16)8-4-6-9(17-3)7-5-8/h4-7H,1-3H3. The molecule has 0 radical (unpaired) electrons. The molecule has 0 N–H and O–H groups in total. The highest BCUT2D eigenvalue weighted by Gasteiger charge is 2.44. The van der Waals surface area contributed by atoms with Gasteiger partial charge in [-0.3, -0.25) is 4.79 Å². The third kappa shape index (κ3) is 1.95. The highest BCUT2D eigenvalue weighted by atomic mass is 79.9. The van der Waals surface area contributed by atoms with Gasteiger partial charge >= 0.3 is 0 Å². The fraction of sp³-hybridized carbons (Fsp3) is 0.333. The van der Waals surface area contributed by atoms with Gasteiger partial charge in [0.2, 0.25) is 0 Å². The summed E-state index contributed by atoms with van der Waals surface area (Å²) in [5, 5.41) is 5.62. The molecule has 17 heavy (non-hydrogen) atoms. The van der Waals surface area contributed by atoms with E-state index >= 15 is 0 Å². The van der Waals surface area contributed by atoms with Crippen molar-refractivity contribution in [2.75, 3.05) is 14.2 Å². The van der Waals surface area contributed by atoms with E-state index in [0.29, 0.717) is 5.71 Å². The van der Waals surface area contributed by atoms with Crippen LogP contribution in [0.3, 0.4) is 0 Å². The van der Waals surface area contributed by atoms with Gasteiger partial charge in [-0.25, -0.2) is 5.01 Å². The van der Waals surface area contributed by atoms with E-state index < -0.39 is 4.32 Å². The Morgan fingerprint density at radius 3 is 2.35 bits per heavy atom. The summed E-state index contributed by atoms with van der Waals surface area (Å²) in [6.07, 6.45) is 0. The van der Waals surface area contributed by atoms with E-state index in [1.54, 1.807) is 14.2 Å². The van der Waals surface area contributed by atoms with Crippen molar-refractivity contribution >= 4 is 27.5 Å². The molecule has 1 unspecified atom stereocenters. The molecule has 0 fully saturated rings. The van der Waals surface area contributed by atoms with Crippen LogP contribution >= 0.6 is 15.9 Å². The van der Waals surface area contributed by atoms with Gasteiger partial charge in [-0.15, -0.1) is 0 Å². The Morgan fingerprint density at radius 1 is 1.35 bits per heavy atom. The highest BCUT2D eigenvalue weighted by molar-refractivity contribution is 9.10. The smallest absolute Gasteiger partial charge is 0.265 e. The number of nitrogens with zero attached hydrogens (tertiary/aromatic N) is 2. The molecule has 90 valence electrons. The third-order valence-corrected chi connectivity index (χ3v) is 3.47. The number of hydrazone groups is 1. The van der Waals surface area contributed by atoms with Crippen LogP contribution in [0.5, 0.6) is 5.75 Å². The second-order valence-corrected chi connectivity index (χ2v) is 5.59. The minimum atomic E-state index is -0.754. The third-order valence-electron chi connectivity index (χ3n) is 2.75. The number of amides is 1. The molecular weight excluding hydrogens is 284 g/mol. The Kier molecular flexibility index (Phi) is 2.95. The van der Waals surface area contributed by atoms with E-state index in [2.05, 4.69) is 21.0 Å². The number of halogens is 1. The average Bonchev–Trinajstić information content (AvgIpc) is 2.53. The number of hydrogen-bond donors (Lipinski definition) is 0. The lowest BCUT2D eigenvalue weighted by Gasteiger charge is -2.16. The van der Waals surface area contributed by atoms with Crippen molar-refractivity contribution in [2.45, 2.75) is 11.2 Å². The van der Waals surface area contributed by atoms with Crippen molar-refractivity contribution in [1.29, 1.82) is 0 Å². The summed E-state index contributed by atoms with van der Waals surface area (Å²) >= 11 is 3.43. The lowest BCUT2D eigenvalue weighted by molar-refractivity contribution is -0.128. The number of benzene rings is 1. The maximum atomic E-state index is 11.9. The molecule has 5 heteroatoms.